The van der Waals surface area contributed by atoms with Gasteiger partial charge in [-0.15, -0.1) is 11.3 Å². The van der Waals surface area contributed by atoms with Gasteiger partial charge in [0.15, 0.2) is 0 Å². The number of benzene rings is 1. The van der Waals surface area contributed by atoms with E-state index in [1.165, 1.54) is 35.6 Å². The number of aryl methyl sites for hydroxylation is 1. The van der Waals surface area contributed by atoms with E-state index >= 15 is 0 Å². The monoisotopic (exact) mass is 347 g/mol. The van der Waals surface area contributed by atoms with Crippen molar-refractivity contribution in [3.63, 3.8) is 0 Å². The molecule has 0 aliphatic carbocycles. The molecule has 24 heavy (non-hydrogen) atoms. The number of carbonyl (C=O) groups excluding carboxylic acids is 2. The van der Waals surface area contributed by atoms with Crippen LogP contribution in [0.3, 0.4) is 0 Å². The minimum atomic E-state index is -0.354. The molecule has 2 N–H and O–H groups in total. The van der Waals surface area contributed by atoms with E-state index in [1.807, 2.05) is 19.1 Å². The van der Waals surface area contributed by atoms with E-state index in [0.717, 1.165) is 9.75 Å². The van der Waals surface area contributed by atoms with Crippen LogP contribution in [-0.4, -0.2) is 36.0 Å². The van der Waals surface area contributed by atoms with E-state index in [9.17, 15) is 14.0 Å². The van der Waals surface area contributed by atoms with Crippen LogP contribution in [-0.2, 0) is 0 Å². The van der Waals surface area contributed by atoms with Gasteiger partial charge >= 0.3 is 6.03 Å². The van der Waals surface area contributed by atoms with Gasteiger partial charge < -0.3 is 15.5 Å². The third kappa shape index (κ3) is 3.91. The fourth-order valence-electron chi connectivity index (χ4n) is 2.65. The Labute approximate surface area is 143 Å². The number of halogens is 1. The molecule has 1 aromatic carbocycles. The lowest BCUT2D eigenvalue weighted by Gasteiger charge is -2.16. The van der Waals surface area contributed by atoms with Crippen LogP contribution in [0, 0.1) is 12.7 Å². The molecule has 1 saturated heterocycles. The van der Waals surface area contributed by atoms with Gasteiger partial charge in [0.2, 0.25) is 0 Å². The highest BCUT2D eigenvalue weighted by molar-refractivity contribution is 7.13. The second kappa shape index (κ2) is 7.00. The summed E-state index contributed by atoms with van der Waals surface area (Å²) in [5, 5.41) is 5.51. The number of likely N-dealkylation sites (tertiary alicyclic amines) is 1. The summed E-state index contributed by atoms with van der Waals surface area (Å²) in [4.78, 5) is 28.0. The lowest BCUT2D eigenvalue weighted by Crippen LogP contribution is -2.40. The van der Waals surface area contributed by atoms with Crippen LogP contribution >= 0.6 is 11.3 Å². The van der Waals surface area contributed by atoms with Crippen molar-refractivity contribution in [2.75, 3.05) is 18.4 Å². The molecule has 0 unspecified atom stereocenters. The zero-order valence-corrected chi connectivity index (χ0v) is 14.0. The van der Waals surface area contributed by atoms with E-state index < -0.39 is 0 Å². The third-order valence-electron chi connectivity index (χ3n) is 3.86. The average Bonchev–Trinajstić information content (AvgIpc) is 3.18. The molecule has 0 spiro atoms. The van der Waals surface area contributed by atoms with Crippen LogP contribution in [0.15, 0.2) is 36.4 Å². The summed E-state index contributed by atoms with van der Waals surface area (Å²) in [6.45, 7) is 3.08. The van der Waals surface area contributed by atoms with Gasteiger partial charge in [-0.2, -0.15) is 0 Å². The Morgan fingerprint density at radius 2 is 1.96 bits per heavy atom. The average molecular weight is 347 g/mol. The maximum Gasteiger partial charge on any atom is 0.319 e. The quantitative estimate of drug-likeness (QED) is 0.895. The second-order valence-electron chi connectivity index (χ2n) is 5.75. The maximum absolute atomic E-state index is 12.8. The Balaban J connectivity index is 1.51. The number of anilines is 1. The molecule has 126 valence electrons. The van der Waals surface area contributed by atoms with Crippen molar-refractivity contribution in [2.45, 2.75) is 19.4 Å². The number of amides is 3. The molecular weight excluding hydrogens is 329 g/mol. The molecule has 1 aliphatic rings. The Morgan fingerprint density at radius 3 is 2.62 bits per heavy atom. The van der Waals surface area contributed by atoms with Crippen LogP contribution in [0.1, 0.15) is 21.0 Å². The first-order chi connectivity index (χ1) is 11.5. The summed E-state index contributed by atoms with van der Waals surface area (Å²) in [6, 6.07) is 8.90. The molecule has 0 radical (unpaired) electrons. The second-order valence-corrected chi connectivity index (χ2v) is 7.04. The molecule has 3 amide bonds. The van der Waals surface area contributed by atoms with E-state index in [1.54, 1.807) is 4.90 Å². The van der Waals surface area contributed by atoms with Crippen LogP contribution in [0.2, 0.25) is 0 Å². The topological polar surface area (TPSA) is 61.4 Å². The van der Waals surface area contributed by atoms with Gasteiger partial charge in [-0.1, -0.05) is 0 Å². The number of hydrogen-bond acceptors (Lipinski definition) is 3. The highest BCUT2D eigenvalue weighted by atomic mass is 32.1. The highest BCUT2D eigenvalue weighted by Gasteiger charge is 2.28. The maximum atomic E-state index is 12.8. The van der Waals surface area contributed by atoms with E-state index in [2.05, 4.69) is 10.6 Å². The Kier molecular flexibility index (Phi) is 4.80. The molecule has 0 bridgehead atoms. The van der Waals surface area contributed by atoms with Crippen LogP contribution in [0.4, 0.5) is 14.9 Å². The van der Waals surface area contributed by atoms with Crippen molar-refractivity contribution in [1.29, 1.82) is 0 Å². The van der Waals surface area contributed by atoms with E-state index in [4.69, 9.17) is 0 Å². The lowest BCUT2D eigenvalue weighted by atomic mass is 10.3. The standard InChI is InChI=1S/C17H18FN3O2S/c1-11-2-7-15(24-11)16(22)21-9-8-14(10-21)20-17(23)19-13-5-3-12(18)4-6-13/h2-7,14H,8-10H2,1H3,(H2,19,20,23)/t14-/m0/s1. The molecular formula is C17H18FN3O2S. The number of nitrogens with zero attached hydrogens (tertiary/aromatic N) is 1. The van der Waals surface area contributed by atoms with Gasteiger partial charge in [0, 0.05) is 29.7 Å². The van der Waals surface area contributed by atoms with Crippen molar-refractivity contribution in [3.8, 4) is 0 Å². The predicted octanol–water partition coefficient (Wildman–Crippen LogP) is 3.23. The number of hydrogen-bond donors (Lipinski definition) is 2. The van der Waals surface area contributed by atoms with E-state index in [0.29, 0.717) is 25.2 Å². The summed E-state index contributed by atoms with van der Waals surface area (Å²) in [7, 11) is 0. The predicted molar refractivity (Wildman–Crippen MR) is 91.9 cm³/mol. The zero-order chi connectivity index (χ0) is 17.1. The number of thiophene rings is 1. The van der Waals surface area contributed by atoms with Gasteiger partial charge in [-0.3, -0.25) is 4.79 Å². The molecule has 5 nitrogen and oxygen atoms in total. The van der Waals surface area contributed by atoms with E-state index in [-0.39, 0.29) is 23.8 Å². The minimum Gasteiger partial charge on any atom is -0.336 e. The van der Waals surface area contributed by atoms with Crippen molar-refractivity contribution in [1.82, 2.24) is 10.2 Å². The Hall–Kier alpha value is -2.41. The zero-order valence-electron chi connectivity index (χ0n) is 13.2. The van der Waals surface area contributed by atoms with Gasteiger partial charge in [0.25, 0.3) is 5.91 Å². The van der Waals surface area contributed by atoms with Crippen molar-refractivity contribution < 1.29 is 14.0 Å². The molecule has 7 heteroatoms. The van der Waals surface area contributed by atoms with Crippen LogP contribution in [0.25, 0.3) is 0 Å². The first-order valence-corrected chi connectivity index (χ1v) is 8.52. The molecule has 1 fully saturated rings. The van der Waals surface area contributed by atoms with Crippen LogP contribution < -0.4 is 10.6 Å². The Bertz CT molecular complexity index is 745. The van der Waals surface area contributed by atoms with Crippen molar-refractivity contribution in [2.24, 2.45) is 0 Å². The fourth-order valence-corrected chi connectivity index (χ4v) is 3.49. The minimum absolute atomic E-state index is 0.0105. The number of rotatable bonds is 3. The largest absolute Gasteiger partial charge is 0.336 e. The SMILES string of the molecule is Cc1ccc(C(=O)N2CC[C@H](NC(=O)Nc3ccc(F)cc3)C2)s1. The van der Waals surface area contributed by atoms with Crippen molar-refractivity contribution >= 4 is 29.0 Å². The summed E-state index contributed by atoms with van der Waals surface area (Å²) in [5.74, 6) is -0.342. The van der Waals surface area contributed by atoms with Gasteiger partial charge in [0.05, 0.1) is 4.88 Å². The molecule has 2 aromatic rings. The van der Waals surface area contributed by atoms with Gasteiger partial charge in [-0.05, 0) is 49.7 Å². The summed E-state index contributed by atoms with van der Waals surface area (Å²) < 4.78 is 12.8. The summed E-state index contributed by atoms with van der Waals surface area (Å²) in [6.07, 6.45) is 0.715. The Morgan fingerprint density at radius 1 is 1.21 bits per heavy atom. The normalized spacial score (nSPS) is 16.9. The lowest BCUT2D eigenvalue weighted by molar-refractivity contribution is 0.0794. The first kappa shape index (κ1) is 16.4. The van der Waals surface area contributed by atoms with Gasteiger partial charge in [0.1, 0.15) is 5.82 Å². The van der Waals surface area contributed by atoms with Crippen LogP contribution in [0.5, 0.6) is 0 Å². The third-order valence-corrected chi connectivity index (χ3v) is 4.85. The molecule has 2 heterocycles. The highest BCUT2D eigenvalue weighted by Crippen LogP contribution is 2.20. The molecule has 1 aromatic heterocycles. The molecule has 3 rings (SSSR count). The summed E-state index contributed by atoms with van der Waals surface area (Å²) in [5.41, 5.74) is 0.522. The number of carbonyl (C=O) groups is 2. The smallest absolute Gasteiger partial charge is 0.319 e. The molecule has 1 atom stereocenters. The fraction of sp³-hybridized carbons (Fsp3) is 0.294. The van der Waals surface area contributed by atoms with Crippen molar-refractivity contribution in [3.05, 3.63) is 52.0 Å². The number of urea groups is 1. The summed E-state index contributed by atoms with van der Waals surface area (Å²) >= 11 is 1.48. The first-order valence-electron chi connectivity index (χ1n) is 7.70. The molecule has 0 saturated carbocycles. The molecule has 1 aliphatic heterocycles. The number of nitrogens with one attached hydrogen (secondary N) is 2. The van der Waals surface area contributed by atoms with Gasteiger partial charge in [-0.25, -0.2) is 9.18 Å².